The Kier molecular flexibility index (Phi) is 5.50. The molecule has 1 heterocycles. The summed E-state index contributed by atoms with van der Waals surface area (Å²) < 4.78 is 16.4. The Morgan fingerprint density at radius 3 is 2.43 bits per heavy atom. The highest BCUT2D eigenvalue weighted by atomic mass is 16.5. The normalized spacial score (nSPS) is 12.1. The predicted molar refractivity (Wildman–Crippen MR) is 114 cm³/mol. The zero-order chi connectivity index (χ0) is 21.1. The van der Waals surface area contributed by atoms with Gasteiger partial charge in [0.2, 0.25) is 0 Å². The molecule has 4 rings (SSSR count). The molecule has 0 bridgehead atoms. The summed E-state index contributed by atoms with van der Waals surface area (Å²) in [7, 11) is 1.58. The van der Waals surface area contributed by atoms with Gasteiger partial charge in [0.1, 0.15) is 24.0 Å². The van der Waals surface area contributed by atoms with Gasteiger partial charge in [-0.1, -0.05) is 54.6 Å². The number of benzene rings is 3. The molecule has 30 heavy (non-hydrogen) atoms. The Labute approximate surface area is 172 Å². The lowest BCUT2D eigenvalue weighted by molar-refractivity contribution is -0.146. The van der Waals surface area contributed by atoms with Gasteiger partial charge in [0, 0.05) is 27.8 Å². The molecule has 4 aromatic rings. The van der Waals surface area contributed by atoms with Crippen LogP contribution in [0.3, 0.4) is 0 Å². The van der Waals surface area contributed by atoms with Crippen molar-refractivity contribution in [2.45, 2.75) is 19.1 Å². The maximum Gasteiger partial charge on any atom is 0.336 e. The number of carbonyl (C=O) groups excluding carboxylic acids is 1. The first-order valence-electron chi connectivity index (χ1n) is 9.55. The van der Waals surface area contributed by atoms with Gasteiger partial charge >= 0.3 is 11.6 Å². The summed E-state index contributed by atoms with van der Waals surface area (Å²) in [6.07, 6.45) is 0.371. The van der Waals surface area contributed by atoms with Crippen LogP contribution in [0.4, 0.5) is 0 Å². The molecular formula is C24H21NO5. The average Bonchev–Trinajstić information content (AvgIpc) is 2.77. The SMILES string of the molecule is COc1cc2c(COC(=O)[C@@H](N)Cc3ccccc3)cc(=O)oc2c2ccccc12. The number of hydrogen-bond acceptors (Lipinski definition) is 6. The van der Waals surface area contributed by atoms with Crippen molar-refractivity contribution in [2.75, 3.05) is 7.11 Å². The van der Waals surface area contributed by atoms with Gasteiger partial charge in [0.25, 0.3) is 0 Å². The predicted octanol–water partition coefficient (Wildman–Crippen LogP) is 3.57. The molecule has 0 aliphatic heterocycles. The molecule has 0 unspecified atom stereocenters. The molecule has 2 N–H and O–H groups in total. The number of methoxy groups -OCH3 is 1. The van der Waals surface area contributed by atoms with E-state index in [1.54, 1.807) is 13.2 Å². The van der Waals surface area contributed by atoms with E-state index in [0.717, 1.165) is 16.3 Å². The second kappa shape index (κ2) is 8.39. The molecule has 1 atom stereocenters. The third-order valence-electron chi connectivity index (χ3n) is 4.99. The molecular weight excluding hydrogens is 382 g/mol. The number of ether oxygens (including phenoxy) is 2. The summed E-state index contributed by atoms with van der Waals surface area (Å²) >= 11 is 0. The molecule has 0 saturated carbocycles. The van der Waals surface area contributed by atoms with Crippen molar-refractivity contribution in [1.82, 2.24) is 0 Å². The van der Waals surface area contributed by atoms with E-state index in [1.807, 2.05) is 54.6 Å². The Balaban J connectivity index is 1.63. The molecule has 0 aliphatic rings. The van der Waals surface area contributed by atoms with Crippen LogP contribution in [0.2, 0.25) is 0 Å². The fraction of sp³-hybridized carbons (Fsp3) is 0.167. The van der Waals surface area contributed by atoms with Crippen molar-refractivity contribution in [3.05, 3.63) is 88.3 Å². The number of carbonyl (C=O) groups is 1. The number of fused-ring (bicyclic) bond motifs is 3. The van der Waals surface area contributed by atoms with E-state index < -0.39 is 17.6 Å². The van der Waals surface area contributed by atoms with Crippen LogP contribution in [0.25, 0.3) is 21.7 Å². The lowest BCUT2D eigenvalue weighted by Gasteiger charge is -2.14. The molecule has 152 valence electrons. The topological polar surface area (TPSA) is 91.8 Å². The third kappa shape index (κ3) is 3.90. The van der Waals surface area contributed by atoms with Crippen LogP contribution >= 0.6 is 0 Å². The van der Waals surface area contributed by atoms with Crippen LogP contribution < -0.4 is 16.1 Å². The molecule has 0 spiro atoms. The standard InChI is InChI=1S/C24H21NO5/c1-28-21-13-19-16(12-22(26)30-23(19)18-10-6-5-9-17(18)21)14-29-24(27)20(25)11-15-7-3-2-4-8-15/h2-10,12-13,20H,11,14,25H2,1H3/t20-/m0/s1. The molecule has 0 radical (unpaired) electrons. The molecule has 0 aliphatic carbocycles. The number of hydrogen-bond donors (Lipinski definition) is 1. The number of rotatable bonds is 6. The monoisotopic (exact) mass is 403 g/mol. The van der Waals surface area contributed by atoms with Crippen molar-refractivity contribution in [3.63, 3.8) is 0 Å². The summed E-state index contributed by atoms with van der Waals surface area (Å²) in [5.74, 6) is 0.105. The second-order valence-electron chi connectivity index (χ2n) is 7.00. The molecule has 6 heteroatoms. The largest absolute Gasteiger partial charge is 0.496 e. The van der Waals surface area contributed by atoms with Gasteiger partial charge in [0.05, 0.1) is 7.11 Å². The van der Waals surface area contributed by atoms with Crippen LogP contribution in [0.5, 0.6) is 5.75 Å². The second-order valence-corrected chi connectivity index (χ2v) is 7.00. The van der Waals surface area contributed by atoms with E-state index in [9.17, 15) is 9.59 Å². The maximum atomic E-state index is 12.4. The average molecular weight is 403 g/mol. The van der Waals surface area contributed by atoms with Crippen molar-refractivity contribution in [2.24, 2.45) is 5.73 Å². The smallest absolute Gasteiger partial charge is 0.336 e. The fourth-order valence-corrected chi connectivity index (χ4v) is 3.51. The highest BCUT2D eigenvalue weighted by Crippen LogP contribution is 2.34. The lowest BCUT2D eigenvalue weighted by Crippen LogP contribution is -2.34. The molecule has 0 saturated heterocycles. The highest BCUT2D eigenvalue weighted by molar-refractivity contribution is 6.08. The van der Waals surface area contributed by atoms with E-state index in [1.165, 1.54) is 6.07 Å². The number of esters is 1. The first-order chi connectivity index (χ1) is 14.6. The summed E-state index contributed by atoms with van der Waals surface area (Å²) in [5, 5.41) is 2.22. The minimum atomic E-state index is -0.797. The lowest BCUT2D eigenvalue weighted by atomic mass is 10.0. The third-order valence-corrected chi connectivity index (χ3v) is 4.99. The van der Waals surface area contributed by atoms with Gasteiger partial charge in [0.15, 0.2) is 0 Å². The Morgan fingerprint density at radius 1 is 1.00 bits per heavy atom. The van der Waals surface area contributed by atoms with Crippen LogP contribution in [-0.4, -0.2) is 19.1 Å². The summed E-state index contributed by atoms with van der Waals surface area (Å²) in [6.45, 7) is -0.0923. The summed E-state index contributed by atoms with van der Waals surface area (Å²) in [4.78, 5) is 24.6. The van der Waals surface area contributed by atoms with Crippen molar-refractivity contribution >= 4 is 27.7 Å². The minimum absolute atomic E-state index is 0.0923. The van der Waals surface area contributed by atoms with Crippen LogP contribution in [0.15, 0.2) is 75.9 Å². The molecule has 0 amide bonds. The zero-order valence-corrected chi connectivity index (χ0v) is 16.5. The van der Waals surface area contributed by atoms with Crippen LogP contribution in [-0.2, 0) is 22.6 Å². The Hall–Kier alpha value is -3.64. The van der Waals surface area contributed by atoms with Crippen molar-refractivity contribution in [3.8, 4) is 5.75 Å². The first kappa shape index (κ1) is 19.7. The first-order valence-corrected chi connectivity index (χ1v) is 9.55. The summed E-state index contributed by atoms with van der Waals surface area (Å²) in [5.41, 5.74) is 7.40. The van der Waals surface area contributed by atoms with E-state index in [0.29, 0.717) is 28.7 Å². The van der Waals surface area contributed by atoms with E-state index in [4.69, 9.17) is 19.6 Å². The van der Waals surface area contributed by atoms with E-state index in [2.05, 4.69) is 0 Å². The van der Waals surface area contributed by atoms with Gasteiger partial charge in [-0.05, 0) is 18.1 Å². The zero-order valence-electron chi connectivity index (χ0n) is 16.5. The van der Waals surface area contributed by atoms with Crippen LogP contribution in [0.1, 0.15) is 11.1 Å². The number of nitrogens with two attached hydrogens (primary N) is 1. The fourth-order valence-electron chi connectivity index (χ4n) is 3.51. The Morgan fingerprint density at radius 2 is 1.70 bits per heavy atom. The van der Waals surface area contributed by atoms with Crippen LogP contribution in [0, 0.1) is 0 Å². The van der Waals surface area contributed by atoms with Gasteiger partial charge in [-0.15, -0.1) is 0 Å². The quantitative estimate of drug-likeness (QED) is 0.301. The van der Waals surface area contributed by atoms with Gasteiger partial charge in [-0.2, -0.15) is 0 Å². The molecule has 0 fully saturated rings. The Bertz CT molecular complexity index is 1260. The van der Waals surface area contributed by atoms with Gasteiger partial charge in [-0.25, -0.2) is 4.79 Å². The van der Waals surface area contributed by atoms with Crippen molar-refractivity contribution in [1.29, 1.82) is 0 Å². The van der Waals surface area contributed by atoms with E-state index >= 15 is 0 Å². The summed E-state index contributed by atoms with van der Waals surface area (Å²) in [6, 6.07) is 19.3. The van der Waals surface area contributed by atoms with Crippen molar-refractivity contribution < 1.29 is 18.7 Å². The van der Waals surface area contributed by atoms with E-state index in [-0.39, 0.29) is 6.61 Å². The van der Waals surface area contributed by atoms with Gasteiger partial charge in [-0.3, -0.25) is 4.79 Å². The maximum absolute atomic E-state index is 12.4. The van der Waals surface area contributed by atoms with Gasteiger partial charge < -0.3 is 19.6 Å². The molecule has 3 aromatic carbocycles. The molecule has 6 nitrogen and oxygen atoms in total. The minimum Gasteiger partial charge on any atom is -0.496 e. The highest BCUT2D eigenvalue weighted by Gasteiger charge is 2.18. The molecule has 1 aromatic heterocycles.